The lowest BCUT2D eigenvalue weighted by molar-refractivity contribution is 0.297. The van der Waals surface area contributed by atoms with Crippen LogP contribution in [-0.2, 0) is 6.61 Å². The monoisotopic (exact) mass is 234 g/mol. The minimum absolute atomic E-state index is 0.0128. The molecule has 0 aliphatic rings. The van der Waals surface area contributed by atoms with Crippen molar-refractivity contribution in [1.82, 2.24) is 4.98 Å². The first-order valence-electron chi connectivity index (χ1n) is 5.12. The van der Waals surface area contributed by atoms with Crippen LogP contribution in [0.15, 0.2) is 35.8 Å². The third-order valence-electron chi connectivity index (χ3n) is 2.23. The fourth-order valence-electron chi connectivity index (χ4n) is 1.29. The topological polar surface area (TPSA) is 48.1 Å². The number of aromatic nitrogens is 1. The molecule has 0 aliphatic carbocycles. The van der Waals surface area contributed by atoms with Gasteiger partial charge in [-0.25, -0.2) is 4.98 Å². The molecule has 1 atom stereocenters. The van der Waals surface area contributed by atoms with Crippen LogP contribution in [0.4, 0.5) is 0 Å². The maximum Gasteiger partial charge on any atom is 0.213 e. The van der Waals surface area contributed by atoms with Crippen LogP contribution < -0.4 is 10.5 Å². The fourth-order valence-corrected chi connectivity index (χ4v) is 1.90. The number of ether oxygens (including phenoxy) is 1. The van der Waals surface area contributed by atoms with Crippen molar-refractivity contribution in [2.45, 2.75) is 19.6 Å². The summed E-state index contributed by atoms with van der Waals surface area (Å²) < 4.78 is 5.54. The van der Waals surface area contributed by atoms with Crippen molar-refractivity contribution in [3.63, 3.8) is 0 Å². The molecule has 0 aromatic carbocycles. The lowest BCUT2D eigenvalue weighted by Crippen LogP contribution is -2.05. The van der Waals surface area contributed by atoms with Gasteiger partial charge in [0, 0.05) is 23.2 Å². The van der Waals surface area contributed by atoms with Crippen LogP contribution in [0.5, 0.6) is 5.88 Å². The van der Waals surface area contributed by atoms with Crippen LogP contribution in [0.3, 0.4) is 0 Å². The van der Waals surface area contributed by atoms with Gasteiger partial charge in [0.2, 0.25) is 5.88 Å². The second-order valence-corrected chi connectivity index (χ2v) is 4.62. The van der Waals surface area contributed by atoms with Crippen LogP contribution in [0.1, 0.15) is 23.4 Å². The summed E-state index contributed by atoms with van der Waals surface area (Å²) in [5.41, 5.74) is 6.75. The Morgan fingerprint density at radius 2 is 2.31 bits per heavy atom. The van der Waals surface area contributed by atoms with E-state index < -0.39 is 0 Å². The van der Waals surface area contributed by atoms with Crippen molar-refractivity contribution < 1.29 is 4.74 Å². The zero-order valence-corrected chi connectivity index (χ0v) is 9.91. The number of rotatable bonds is 4. The van der Waals surface area contributed by atoms with Crippen molar-refractivity contribution in [3.8, 4) is 5.88 Å². The highest BCUT2D eigenvalue weighted by atomic mass is 32.1. The molecule has 16 heavy (non-hydrogen) atoms. The second-order valence-electron chi connectivity index (χ2n) is 3.59. The Hall–Kier alpha value is -1.39. The van der Waals surface area contributed by atoms with Crippen LogP contribution in [0.2, 0.25) is 0 Å². The molecular formula is C12H14N2OS. The Morgan fingerprint density at radius 1 is 1.44 bits per heavy atom. The molecule has 0 unspecified atom stereocenters. The molecule has 0 fully saturated rings. The molecule has 3 nitrogen and oxygen atoms in total. The lowest BCUT2D eigenvalue weighted by Gasteiger charge is -2.07. The van der Waals surface area contributed by atoms with E-state index in [0.717, 1.165) is 5.56 Å². The molecule has 0 aliphatic heterocycles. The first-order valence-corrected chi connectivity index (χ1v) is 6.00. The summed E-state index contributed by atoms with van der Waals surface area (Å²) in [7, 11) is 0. The Morgan fingerprint density at radius 3 is 2.88 bits per heavy atom. The number of hydrogen-bond donors (Lipinski definition) is 1. The fraction of sp³-hybridized carbons (Fsp3) is 0.250. The van der Waals surface area contributed by atoms with Gasteiger partial charge in [-0.3, -0.25) is 0 Å². The van der Waals surface area contributed by atoms with Gasteiger partial charge in [-0.2, -0.15) is 0 Å². The SMILES string of the molecule is C[C@H](N)c1ccc(OCc2cccs2)nc1. The minimum atomic E-state index is 0.0128. The zero-order chi connectivity index (χ0) is 11.4. The Labute approximate surface area is 98.9 Å². The highest BCUT2D eigenvalue weighted by molar-refractivity contribution is 7.09. The third-order valence-corrected chi connectivity index (χ3v) is 3.08. The highest BCUT2D eigenvalue weighted by Crippen LogP contribution is 2.15. The van der Waals surface area contributed by atoms with Crippen molar-refractivity contribution in [2.24, 2.45) is 5.73 Å². The molecule has 2 rings (SSSR count). The quantitative estimate of drug-likeness (QED) is 0.884. The number of nitrogens with zero attached hydrogens (tertiary/aromatic N) is 1. The first-order chi connectivity index (χ1) is 7.75. The normalized spacial score (nSPS) is 12.4. The lowest BCUT2D eigenvalue weighted by atomic mass is 10.2. The van der Waals surface area contributed by atoms with E-state index in [1.165, 1.54) is 4.88 Å². The molecule has 2 heterocycles. The summed E-state index contributed by atoms with van der Waals surface area (Å²) >= 11 is 1.68. The van der Waals surface area contributed by atoms with Crippen LogP contribution in [0, 0.1) is 0 Å². The van der Waals surface area contributed by atoms with Gasteiger partial charge >= 0.3 is 0 Å². The summed E-state index contributed by atoms with van der Waals surface area (Å²) in [6.07, 6.45) is 1.76. The summed E-state index contributed by atoms with van der Waals surface area (Å²) in [5.74, 6) is 0.637. The van der Waals surface area contributed by atoms with Crippen LogP contribution in [-0.4, -0.2) is 4.98 Å². The van der Waals surface area contributed by atoms with E-state index in [1.54, 1.807) is 17.5 Å². The van der Waals surface area contributed by atoms with Crippen LogP contribution >= 0.6 is 11.3 Å². The zero-order valence-electron chi connectivity index (χ0n) is 9.09. The number of hydrogen-bond acceptors (Lipinski definition) is 4. The van der Waals surface area contributed by atoms with Gasteiger partial charge in [0.05, 0.1) is 0 Å². The minimum Gasteiger partial charge on any atom is -0.472 e. The maximum absolute atomic E-state index is 5.74. The van der Waals surface area contributed by atoms with Gasteiger partial charge in [-0.05, 0) is 23.9 Å². The number of nitrogens with two attached hydrogens (primary N) is 1. The summed E-state index contributed by atoms with van der Waals surface area (Å²) in [4.78, 5) is 5.39. The van der Waals surface area contributed by atoms with E-state index in [9.17, 15) is 0 Å². The van der Waals surface area contributed by atoms with Gasteiger partial charge < -0.3 is 10.5 Å². The van der Waals surface area contributed by atoms with Crippen molar-refractivity contribution in [3.05, 3.63) is 46.3 Å². The molecule has 84 valence electrons. The molecule has 2 N–H and O–H groups in total. The first kappa shape index (κ1) is 11.1. The van der Waals surface area contributed by atoms with E-state index in [4.69, 9.17) is 10.5 Å². The van der Waals surface area contributed by atoms with Crippen molar-refractivity contribution in [2.75, 3.05) is 0 Å². The van der Waals surface area contributed by atoms with Gasteiger partial charge in [0.15, 0.2) is 0 Å². The molecule has 0 spiro atoms. The maximum atomic E-state index is 5.74. The van der Waals surface area contributed by atoms with Crippen molar-refractivity contribution >= 4 is 11.3 Å². The van der Waals surface area contributed by atoms with E-state index >= 15 is 0 Å². The molecule has 2 aromatic heterocycles. The van der Waals surface area contributed by atoms with Crippen LogP contribution in [0.25, 0.3) is 0 Å². The smallest absolute Gasteiger partial charge is 0.213 e. The highest BCUT2D eigenvalue weighted by Gasteiger charge is 2.01. The van der Waals surface area contributed by atoms with Gasteiger partial charge in [0.25, 0.3) is 0 Å². The summed E-state index contributed by atoms with van der Waals surface area (Å²) in [6, 6.07) is 7.86. The molecule has 0 amide bonds. The molecular weight excluding hydrogens is 220 g/mol. The average molecular weight is 234 g/mol. The Kier molecular flexibility index (Phi) is 3.54. The van der Waals surface area contributed by atoms with E-state index in [0.29, 0.717) is 12.5 Å². The Balaban J connectivity index is 1.95. The predicted molar refractivity (Wildman–Crippen MR) is 65.5 cm³/mol. The summed E-state index contributed by atoms with van der Waals surface area (Å²) in [5, 5.41) is 2.03. The van der Waals surface area contributed by atoms with Gasteiger partial charge in [-0.15, -0.1) is 11.3 Å². The molecule has 2 aromatic rings. The van der Waals surface area contributed by atoms with Gasteiger partial charge in [-0.1, -0.05) is 12.1 Å². The third kappa shape index (κ3) is 2.81. The largest absolute Gasteiger partial charge is 0.472 e. The molecule has 4 heteroatoms. The number of pyridine rings is 1. The standard InChI is InChI=1S/C12H14N2OS/c1-9(13)10-4-5-12(14-7-10)15-8-11-3-2-6-16-11/h2-7,9H,8,13H2,1H3/t9-/m0/s1. The van der Waals surface area contributed by atoms with Crippen molar-refractivity contribution in [1.29, 1.82) is 0 Å². The summed E-state index contributed by atoms with van der Waals surface area (Å²) in [6.45, 7) is 2.51. The Bertz CT molecular complexity index is 423. The molecule has 0 bridgehead atoms. The van der Waals surface area contributed by atoms with E-state index in [-0.39, 0.29) is 6.04 Å². The molecule has 0 saturated carbocycles. The number of thiophene rings is 1. The molecule has 0 radical (unpaired) electrons. The van der Waals surface area contributed by atoms with E-state index in [1.807, 2.05) is 36.6 Å². The average Bonchev–Trinajstić information content (AvgIpc) is 2.80. The van der Waals surface area contributed by atoms with E-state index in [2.05, 4.69) is 4.98 Å². The van der Waals surface area contributed by atoms with Gasteiger partial charge in [0.1, 0.15) is 6.61 Å². The predicted octanol–water partition coefficient (Wildman–Crippen LogP) is 2.74. The molecule has 0 saturated heterocycles. The second kappa shape index (κ2) is 5.09.